The Morgan fingerprint density at radius 2 is 1.57 bits per heavy atom. The van der Waals surface area contributed by atoms with E-state index in [1.54, 1.807) is 36.4 Å². The largest absolute Gasteiger partial charge is 0.393 e. The molecule has 106 valence electrons. The first-order chi connectivity index (χ1) is 10.1. The molecule has 0 amide bonds. The van der Waals surface area contributed by atoms with Gasteiger partial charge in [0.15, 0.2) is 0 Å². The SMILES string of the molecule is FC(F)(F)[C@@H]1Cc2ccccc2[C@H]1C#Cc1ccccc1. The molecule has 0 nitrogen and oxygen atoms in total. The lowest BCUT2D eigenvalue weighted by atomic mass is 9.92. The van der Waals surface area contributed by atoms with Crippen LogP contribution in [-0.4, -0.2) is 6.18 Å². The quantitative estimate of drug-likeness (QED) is 0.623. The maximum atomic E-state index is 13.2. The zero-order chi connectivity index (χ0) is 14.9. The van der Waals surface area contributed by atoms with Crippen LogP contribution in [0.15, 0.2) is 54.6 Å². The highest BCUT2D eigenvalue weighted by atomic mass is 19.4. The van der Waals surface area contributed by atoms with E-state index in [2.05, 4.69) is 11.8 Å². The summed E-state index contributed by atoms with van der Waals surface area (Å²) in [6.45, 7) is 0. The number of hydrogen-bond donors (Lipinski definition) is 0. The van der Waals surface area contributed by atoms with Gasteiger partial charge in [-0.25, -0.2) is 0 Å². The van der Waals surface area contributed by atoms with Gasteiger partial charge < -0.3 is 0 Å². The monoisotopic (exact) mass is 286 g/mol. The molecule has 0 fully saturated rings. The normalized spacial score (nSPS) is 20.5. The van der Waals surface area contributed by atoms with Crippen LogP contribution in [0.4, 0.5) is 13.2 Å². The zero-order valence-electron chi connectivity index (χ0n) is 11.2. The van der Waals surface area contributed by atoms with Crippen molar-refractivity contribution in [3.05, 3.63) is 71.3 Å². The predicted molar refractivity (Wildman–Crippen MR) is 75.8 cm³/mol. The molecule has 0 saturated carbocycles. The Morgan fingerprint density at radius 1 is 0.905 bits per heavy atom. The fourth-order valence-corrected chi connectivity index (χ4v) is 2.76. The third kappa shape index (κ3) is 2.80. The fourth-order valence-electron chi connectivity index (χ4n) is 2.76. The summed E-state index contributed by atoms with van der Waals surface area (Å²) in [4.78, 5) is 0. The second-order valence-corrected chi connectivity index (χ2v) is 5.16. The van der Waals surface area contributed by atoms with Gasteiger partial charge in [-0.05, 0) is 29.7 Å². The molecule has 2 aromatic rings. The van der Waals surface area contributed by atoms with E-state index >= 15 is 0 Å². The molecule has 0 unspecified atom stereocenters. The summed E-state index contributed by atoms with van der Waals surface area (Å²) >= 11 is 0. The fraction of sp³-hybridized carbons (Fsp3) is 0.222. The minimum atomic E-state index is -4.23. The van der Waals surface area contributed by atoms with E-state index in [9.17, 15) is 13.2 Å². The molecule has 21 heavy (non-hydrogen) atoms. The van der Waals surface area contributed by atoms with Crippen LogP contribution < -0.4 is 0 Å². The summed E-state index contributed by atoms with van der Waals surface area (Å²) in [5, 5.41) is 0. The molecule has 0 N–H and O–H groups in total. The number of hydrogen-bond acceptors (Lipinski definition) is 0. The zero-order valence-corrected chi connectivity index (χ0v) is 11.2. The van der Waals surface area contributed by atoms with Crippen LogP contribution in [0.5, 0.6) is 0 Å². The molecule has 2 aromatic carbocycles. The summed E-state index contributed by atoms with van der Waals surface area (Å²) in [6, 6.07) is 16.2. The average molecular weight is 286 g/mol. The number of alkyl halides is 3. The molecule has 0 saturated heterocycles. The minimum absolute atomic E-state index is 0.0216. The van der Waals surface area contributed by atoms with Gasteiger partial charge in [-0.15, -0.1) is 0 Å². The Morgan fingerprint density at radius 3 is 2.29 bits per heavy atom. The van der Waals surface area contributed by atoms with Crippen LogP contribution >= 0.6 is 0 Å². The molecule has 2 atom stereocenters. The number of halogens is 3. The van der Waals surface area contributed by atoms with Gasteiger partial charge in [0.2, 0.25) is 0 Å². The van der Waals surface area contributed by atoms with Crippen LogP contribution in [0.1, 0.15) is 22.6 Å². The van der Waals surface area contributed by atoms with Crippen molar-refractivity contribution in [2.75, 3.05) is 0 Å². The highest BCUT2D eigenvalue weighted by Gasteiger charge is 2.48. The Labute approximate surface area is 121 Å². The highest BCUT2D eigenvalue weighted by molar-refractivity contribution is 5.45. The van der Waals surface area contributed by atoms with Crippen LogP contribution in [0.3, 0.4) is 0 Å². The van der Waals surface area contributed by atoms with Crippen molar-refractivity contribution in [1.29, 1.82) is 0 Å². The number of fused-ring (bicyclic) bond motifs is 1. The van der Waals surface area contributed by atoms with Gasteiger partial charge in [-0.1, -0.05) is 54.3 Å². The maximum Gasteiger partial charge on any atom is 0.393 e. The van der Waals surface area contributed by atoms with E-state index in [4.69, 9.17) is 0 Å². The molecule has 0 bridgehead atoms. The molecule has 1 aliphatic rings. The van der Waals surface area contributed by atoms with Gasteiger partial charge in [0.25, 0.3) is 0 Å². The molecule has 3 heteroatoms. The first kappa shape index (κ1) is 13.8. The van der Waals surface area contributed by atoms with Crippen molar-refractivity contribution in [2.45, 2.75) is 18.5 Å². The van der Waals surface area contributed by atoms with Crippen molar-refractivity contribution in [2.24, 2.45) is 5.92 Å². The van der Waals surface area contributed by atoms with Crippen molar-refractivity contribution in [3.8, 4) is 11.8 Å². The Hall–Kier alpha value is -2.21. The molecule has 3 rings (SSSR count). The summed E-state index contributed by atoms with van der Waals surface area (Å²) in [5.74, 6) is 3.53. The molecular formula is C18H13F3. The minimum Gasteiger partial charge on any atom is -0.171 e. The highest BCUT2D eigenvalue weighted by Crippen LogP contribution is 2.46. The maximum absolute atomic E-state index is 13.2. The molecule has 0 aromatic heterocycles. The van der Waals surface area contributed by atoms with Gasteiger partial charge in [0.1, 0.15) is 0 Å². The van der Waals surface area contributed by atoms with Crippen LogP contribution in [0, 0.1) is 17.8 Å². The number of rotatable bonds is 0. The molecule has 1 aliphatic carbocycles. The third-order valence-corrected chi connectivity index (χ3v) is 3.80. The van der Waals surface area contributed by atoms with Gasteiger partial charge in [-0.3, -0.25) is 0 Å². The summed E-state index contributed by atoms with van der Waals surface area (Å²) < 4.78 is 39.7. The van der Waals surface area contributed by atoms with Crippen molar-refractivity contribution >= 4 is 0 Å². The first-order valence-corrected chi connectivity index (χ1v) is 6.77. The van der Waals surface area contributed by atoms with Crippen LogP contribution in [-0.2, 0) is 6.42 Å². The lowest BCUT2D eigenvalue weighted by Crippen LogP contribution is -2.26. The van der Waals surface area contributed by atoms with E-state index in [-0.39, 0.29) is 6.42 Å². The van der Waals surface area contributed by atoms with Gasteiger partial charge in [0.05, 0.1) is 11.8 Å². The van der Waals surface area contributed by atoms with E-state index in [0.717, 1.165) is 11.1 Å². The van der Waals surface area contributed by atoms with Crippen molar-refractivity contribution in [3.63, 3.8) is 0 Å². The van der Waals surface area contributed by atoms with Crippen LogP contribution in [0.25, 0.3) is 0 Å². The predicted octanol–water partition coefficient (Wildman–Crippen LogP) is 4.56. The van der Waals surface area contributed by atoms with Gasteiger partial charge in [0, 0.05) is 5.56 Å². The second-order valence-electron chi connectivity index (χ2n) is 5.16. The molecule has 0 aliphatic heterocycles. The van der Waals surface area contributed by atoms with E-state index in [0.29, 0.717) is 5.56 Å². The van der Waals surface area contributed by atoms with Crippen molar-refractivity contribution < 1.29 is 13.2 Å². The Bertz CT molecular complexity index is 690. The summed E-state index contributed by atoms with van der Waals surface area (Å²) in [5.41, 5.74) is 2.21. The van der Waals surface area contributed by atoms with Gasteiger partial charge in [-0.2, -0.15) is 13.2 Å². The Balaban J connectivity index is 1.99. The molecule has 0 spiro atoms. The van der Waals surface area contributed by atoms with E-state index in [1.165, 1.54) is 0 Å². The average Bonchev–Trinajstić information content (AvgIpc) is 2.85. The molecule has 0 heterocycles. The van der Waals surface area contributed by atoms with Crippen molar-refractivity contribution in [1.82, 2.24) is 0 Å². The standard InChI is InChI=1S/C18H13F3/c19-18(20,21)17-12-14-8-4-5-9-15(14)16(17)11-10-13-6-2-1-3-7-13/h1-9,16-17H,12H2/t16-,17-/m1/s1. The van der Waals surface area contributed by atoms with E-state index < -0.39 is 18.0 Å². The van der Waals surface area contributed by atoms with Crippen LogP contribution in [0.2, 0.25) is 0 Å². The third-order valence-electron chi connectivity index (χ3n) is 3.80. The summed E-state index contributed by atoms with van der Waals surface area (Å²) in [7, 11) is 0. The Kier molecular flexibility index (Phi) is 3.47. The summed E-state index contributed by atoms with van der Waals surface area (Å²) in [6.07, 6.45) is -4.21. The molecule has 0 radical (unpaired) electrons. The van der Waals surface area contributed by atoms with E-state index in [1.807, 2.05) is 18.2 Å². The lowest BCUT2D eigenvalue weighted by molar-refractivity contribution is -0.174. The second kappa shape index (κ2) is 5.29. The topological polar surface area (TPSA) is 0 Å². The lowest BCUT2D eigenvalue weighted by Gasteiger charge is -2.18. The van der Waals surface area contributed by atoms with Gasteiger partial charge >= 0.3 is 6.18 Å². The smallest absolute Gasteiger partial charge is 0.171 e. The molecular weight excluding hydrogens is 273 g/mol. The first-order valence-electron chi connectivity index (χ1n) is 6.77. The number of benzene rings is 2.